The zero-order chi connectivity index (χ0) is 10.6. The van der Waals surface area contributed by atoms with Crippen molar-refractivity contribution < 1.29 is 9.53 Å². The predicted molar refractivity (Wildman–Crippen MR) is 55.7 cm³/mol. The number of carbonyl (C=O) groups is 1. The highest BCUT2D eigenvalue weighted by Crippen LogP contribution is 2.24. The molecule has 0 unspecified atom stereocenters. The highest BCUT2D eigenvalue weighted by Gasteiger charge is 2.21. The molecule has 3 heteroatoms. The molecule has 0 aromatic heterocycles. The Morgan fingerprint density at radius 2 is 2.00 bits per heavy atom. The Bertz CT molecular complexity index is 186. The predicted octanol–water partition coefficient (Wildman–Crippen LogP) is 1.70. The quantitative estimate of drug-likeness (QED) is 0.701. The number of rotatable bonds is 4. The van der Waals surface area contributed by atoms with Crippen LogP contribution in [0.2, 0.25) is 0 Å². The molecule has 0 saturated heterocycles. The van der Waals surface area contributed by atoms with Crippen molar-refractivity contribution in [2.24, 2.45) is 17.6 Å². The van der Waals surface area contributed by atoms with Gasteiger partial charge in [0.25, 0.3) is 0 Å². The van der Waals surface area contributed by atoms with E-state index in [0.717, 1.165) is 0 Å². The molecule has 0 radical (unpaired) electrons. The summed E-state index contributed by atoms with van der Waals surface area (Å²) in [5.41, 5.74) is 5.67. The number of carbonyl (C=O) groups excluding carboxylic acids is 1. The van der Waals surface area contributed by atoms with E-state index in [9.17, 15) is 4.79 Å². The first kappa shape index (κ1) is 11.5. The van der Waals surface area contributed by atoms with E-state index in [1.54, 1.807) is 0 Å². The van der Waals surface area contributed by atoms with Gasteiger partial charge in [0.1, 0.15) is 6.04 Å². The maximum atomic E-state index is 11.4. The molecule has 1 aliphatic carbocycles. The normalized spacial score (nSPS) is 20.0. The van der Waals surface area contributed by atoms with Crippen molar-refractivity contribution in [3.05, 3.63) is 0 Å². The largest absolute Gasteiger partial charge is 0.464 e. The summed E-state index contributed by atoms with van der Waals surface area (Å²) in [5, 5.41) is 0. The average molecular weight is 199 g/mol. The van der Waals surface area contributed by atoms with E-state index in [1.807, 2.05) is 13.8 Å². The van der Waals surface area contributed by atoms with Crippen LogP contribution in [0.5, 0.6) is 0 Å². The molecule has 1 rings (SSSR count). The molecule has 82 valence electrons. The molecule has 0 amide bonds. The monoisotopic (exact) mass is 199 g/mol. The number of nitrogens with two attached hydrogens (primary N) is 1. The molecule has 14 heavy (non-hydrogen) atoms. The molecule has 0 aromatic rings. The SMILES string of the molecule is CC(C)[C@H](N)C(=O)OCC1CCCC1. The number of hydrogen-bond donors (Lipinski definition) is 1. The maximum absolute atomic E-state index is 11.4. The molecule has 3 nitrogen and oxygen atoms in total. The standard InChI is InChI=1S/C11H21NO2/c1-8(2)10(12)11(13)14-7-9-5-3-4-6-9/h8-10H,3-7,12H2,1-2H3/t10-/m0/s1. The summed E-state index contributed by atoms with van der Waals surface area (Å²) < 4.78 is 5.19. The lowest BCUT2D eigenvalue weighted by molar-refractivity contribution is -0.147. The maximum Gasteiger partial charge on any atom is 0.323 e. The Kier molecular flexibility index (Phi) is 4.39. The molecular weight excluding hydrogens is 178 g/mol. The van der Waals surface area contributed by atoms with Crippen molar-refractivity contribution in [3.63, 3.8) is 0 Å². The number of ether oxygens (including phenoxy) is 1. The van der Waals surface area contributed by atoms with Crippen LogP contribution in [0.1, 0.15) is 39.5 Å². The minimum atomic E-state index is -0.462. The summed E-state index contributed by atoms with van der Waals surface area (Å²) in [6, 6.07) is -0.462. The second-order valence-electron chi connectivity index (χ2n) is 4.55. The van der Waals surface area contributed by atoms with Crippen LogP contribution in [0, 0.1) is 11.8 Å². The van der Waals surface area contributed by atoms with Crippen molar-refractivity contribution in [2.45, 2.75) is 45.6 Å². The van der Waals surface area contributed by atoms with Crippen molar-refractivity contribution >= 4 is 5.97 Å². The summed E-state index contributed by atoms with van der Waals surface area (Å²) in [5.74, 6) is 0.497. The van der Waals surface area contributed by atoms with E-state index in [0.29, 0.717) is 12.5 Å². The Morgan fingerprint density at radius 3 is 2.50 bits per heavy atom. The fourth-order valence-electron chi connectivity index (χ4n) is 1.75. The Hall–Kier alpha value is -0.570. The van der Waals surface area contributed by atoms with Crippen molar-refractivity contribution in [2.75, 3.05) is 6.61 Å². The van der Waals surface area contributed by atoms with Gasteiger partial charge in [0.2, 0.25) is 0 Å². The first-order valence-electron chi connectivity index (χ1n) is 5.53. The van der Waals surface area contributed by atoms with Crippen molar-refractivity contribution in [3.8, 4) is 0 Å². The lowest BCUT2D eigenvalue weighted by Gasteiger charge is -2.16. The van der Waals surface area contributed by atoms with Gasteiger partial charge in [0.15, 0.2) is 0 Å². The van der Waals surface area contributed by atoms with Crippen LogP contribution in [0.15, 0.2) is 0 Å². The fourth-order valence-corrected chi connectivity index (χ4v) is 1.75. The Balaban J connectivity index is 2.19. The van der Waals surface area contributed by atoms with Gasteiger partial charge in [-0.05, 0) is 24.7 Å². The summed E-state index contributed by atoms with van der Waals surface area (Å²) in [7, 11) is 0. The smallest absolute Gasteiger partial charge is 0.323 e. The molecule has 0 aromatic carbocycles. The molecule has 1 aliphatic rings. The summed E-state index contributed by atoms with van der Waals surface area (Å²) in [4.78, 5) is 11.4. The second-order valence-corrected chi connectivity index (χ2v) is 4.55. The van der Waals surface area contributed by atoms with Crippen LogP contribution in [0.4, 0.5) is 0 Å². The second kappa shape index (κ2) is 5.35. The number of esters is 1. The number of hydrogen-bond acceptors (Lipinski definition) is 3. The van der Waals surface area contributed by atoms with Crippen LogP contribution < -0.4 is 5.73 Å². The van der Waals surface area contributed by atoms with Crippen LogP contribution in [0.25, 0.3) is 0 Å². The van der Waals surface area contributed by atoms with Gasteiger partial charge in [0, 0.05) is 0 Å². The van der Waals surface area contributed by atoms with Crippen LogP contribution in [-0.4, -0.2) is 18.6 Å². The van der Waals surface area contributed by atoms with Gasteiger partial charge < -0.3 is 10.5 Å². The van der Waals surface area contributed by atoms with E-state index in [2.05, 4.69) is 0 Å². The summed E-state index contributed by atoms with van der Waals surface area (Å²) in [6.07, 6.45) is 4.95. The molecule has 1 saturated carbocycles. The molecule has 2 N–H and O–H groups in total. The highest BCUT2D eigenvalue weighted by atomic mass is 16.5. The summed E-state index contributed by atoms with van der Waals surface area (Å²) >= 11 is 0. The molecular formula is C11H21NO2. The highest BCUT2D eigenvalue weighted by molar-refractivity contribution is 5.75. The minimum Gasteiger partial charge on any atom is -0.464 e. The molecule has 0 bridgehead atoms. The lowest BCUT2D eigenvalue weighted by atomic mass is 10.1. The van der Waals surface area contributed by atoms with Crippen molar-refractivity contribution in [1.82, 2.24) is 0 Å². The molecule has 0 spiro atoms. The van der Waals surface area contributed by atoms with Gasteiger partial charge in [-0.15, -0.1) is 0 Å². The van der Waals surface area contributed by atoms with E-state index in [-0.39, 0.29) is 11.9 Å². The van der Waals surface area contributed by atoms with Gasteiger partial charge in [-0.3, -0.25) is 4.79 Å². The third kappa shape index (κ3) is 3.29. The van der Waals surface area contributed by atoms with E-state index < -0.39 is 6.04 Å². The Morgan fingerprint density at radius 1 is 1.43 bits per heavy atom. The van der Waals surface area contributed by atoms with Gasteiger partial charge >= 0.3 is 5.97 Å². The van der Waals surface area contributed by atoms with E-state index in [1.165, 1.54) is 25.7 Å². The third-order valence-corrected chi connectivity index (χ3v) is 2.93. The Labute approximate surface area is 86.0 Å². The lowest BCUT2D eigenvalue weighted by Crippen LogP contribution is -2.37. The van der Waals surface area contributed by atoms with Gasteiger partial charge in [-0.2, -0.15) is 0 Å². The van der Waals surface area contributed by atoms with Crippen LogP contribution in [-0.2, 0) is 9.53 Å². The van der Waals surface area contributed by atoms with Crippen molar-refractivity contribution in [1.29, 1.82) is 0 Å². The van der Waals surface area contributed by atoms with E-state index in [4.69, 9.17) is 10.5 Å². The molecule has 0 aliphatic heterocycles. The van der Waals surface area contributed by atoms with Gasteiger partial charge in [-0.1, -0.05) is 26.7 Å². The molecule has 1 atom stereocenters. The topological polar surface area (TPSA) is 52.3 Å². The summed E-state index contributed by atoms with van der Waals surface area (Å²) in [6.45, 7) is 4.43. The van der Waals surface area contributed by atoms with Crippen LogP contribution in [0.3, 0.4) is 0 Å². The zero-order valence-electron chi connectivity index (χ0n) is 9.16. The average Bonchev–Trinajstić information content (AvgIpc) is 2.65. The third-order valence-electron chi connectivity index (χ3n) is 2.93. The minimum absolute atomic E-state index is 0.158. The van der Waals surface area contributed by atoms with E-state index >= 15 is 0 Å². The first-order chi connectivity index (χ1) is 6.61. The fraction of sp³-hybridized carbons (Fsp3) is 0.909. The van der Waals surface area contributed by atoms with Gasteiger partial charge in [0.05, 0.1) is 6.61 Å². The zero-order valence-corrected chi connectivity index (χ0v) is 9.16. The molecule has 0 heterocycles. The van der Waals surface area contributed by atoms with Crippen LogP contribution >= 0.6 is 0 Å². The van der Waals surface area contributed by atoms with Gasteiger partial charge in [-0.25, -0.2) is 0 Å². The molecule has 1 fully saturated rings. The first-order valence-corrected chi connectivity index (χ1v) is 5.53.